The lowest BCUT2D eigenvalue weighted by Crippen LogP contribution is -2.28. The second kappa shape index (κ2) is 7.39. The fraction of sp³-hybridized carbons (Fsp3) is 0.588. The topological polar surface area (TPSA) is 31.4 Å². The molecule has 2 heterocycles. The Morgan fingerprint density at radius 1 is 1.33 bits per heavy atom. The van der Waals surface area contributed by atoms with Crippen molar-refractivity contribution in [2.45, 2.75) is 44.3 Å². The third-order valence-electron chi connectivity index (χ3n) is 4.29. The molecule has 2 aliphatic rings. The molecule has 0 radical (unpaired) electrons. The van der Waals surface area contributed by atoms with Crippen molar-refractivity contribution in [1.82, 2.24) is 4.98 Å². The van der Waals surface area contributed by atoms with Crippen LogP contribution in [0.25, 0.3) is 0 Å². The van der Waals surface area contributed by atoms with Gasteiger partial charge in [0.25, 0.3) is 0 Å². The van der Waals surface area contributed by atoms with E-state index in [1.807, 2.05) is 18.3 Å². The summed E-state index contributed by atoms with van der Waals surface area (Å²) in [5, 5.41) is 0.743. The van der Waals surface area contributed by atoms with Crippen molar-refractivity contribution in [2.75, 3.05) is 13.2 Å². The molecule has 1 saturated heterocycles. The predicted molar refractivity (Wildman–Crippen MR) is 83.4 cm³/mol. The van der Waals surface area contributed by atoms with Crippen LogP contribution in [0, 0.1) is 5.92 Å². The number of aromatic nitrogens is 1. The summed E-state index contributed by atoms with van der Waals surface area (Å²) in [5.41, 5.74) is 0.966. The molecule has 0 amide bonds. The van der Waals surface area contributed by atoms with E-state index < -0.39 is 0 Å². The van der Waals surface area contributed by atoms with Gasteiger partial charge in [0, 0.05) is 18.7 Å². The first-order valence-corrected chi connectivity index (χ1v) is 8.22. The summed E-state index contributed by atoms with van der Waals surface area (Å²) in [5.74, 6) is 0.670. The molecule has 4 heteroatoms. The van der Waals surface area contributed by atoms with E-state index in [9.17, 15) is 0 Å². The Balaban J connectivity index is 1.65. The molecule has 0 aromatic carbocycles. The molecular weight excluding hydrogens is 286 g/mol. The number of hydrogen-bond donors (Lipinski definition) is 0. The van der Waals surface area contributed by atoms with Crippen LogP contribution >= 0.6 is 11.6 Å². The monoisotopic (exact) mass is 307 g/mol. The standard InChI is InChI=1S/C17H22ClNO2/c18-15-8-5-10-19-17(15)14-7-2-1-6-13(14)12-21-16-9-3-4-11-20-16/h2,5,7-8,10,13-14,16H,1,3-4,6,9,11-12H2/t13-,14?,16?/m0/s1. The molecule has 2 unspecified atom stereocenters. The molecule has 0 spiro atoms. The van der Waals surface area contributed by atoms with Crippen LogP contribution in [0.1, 0.15) is 43.7 Å². The van der Waals surface area contributed by atoms with E-state index in [0.717, 1.165) is 43.0 Å². The molecule has 3 rings (SSSR count). The molecule has 3 atom stereocenters. The van der Waals surface area contributed by atoms with E-state index in [2.05, 4.69) is 17.1 Å². The molecule has 1 fully saturated rings. The number of rotatable bonds is 4. The Labute approximate surface area is 131 Å². The minimum atomic E-state index is -0.0236. The Morgan fingerprint density at radius 3 is 3.10 bits per heavy atom. The van der Waals surface area contributed by atoms with Gasteiger partial charge in [-0.1, -0.05) is 23.8 Å². The summed E-state index contributed by atoms with van der Waals surface area (Å²) in [6, 6.07) is 3.79. The van der Waals surface area contributed by atoms with Crippen LogP contribution in [0.2, 0.25) is 5.02 Å². The van der Waals surface area contributed by atoms with Gasteiger partial charge in [0.15, 0.2) is 6.29 Å². The van der Waals surface area contributed by atoms with E-state index in [0.29, 0.717) is 12.5 Å². The maximum Gasteiger partial charge on any atom is 0.157 e. The number of ether oxygens (including phenoxy) is 2. The average Bonchev–Trinajstić information content (AvgIpc) is 2.55. The van der Waals surface area contributed by atoms with E-state index in [1.165, 1.54) is 6.42 Å². The first-order valence-electron chi connectivity index (χ1n) is 7.85. The third-order valence-corrected chi connectivity index (χ3v) is 4.61. The largest absolute Gasteiger partial charge is 0.353 e. The van der Waals surface area contributed by atoms with Crippen molar-refractivity contribution in [3.05, 3.63) is 41.2 Å². The normalized spacial score (nSPS) is 29.5. The fourth-order valence-electron chi connectivity index (χ4n) is 3.11. The zero-order valence-electron chi connectivity index (χ0n) is 12.2. The number of allylic oxidation sites excluding steroid dienone is 2. The molecule has 3 nitrogen and oxygen atoms in total. The summed E-state index contributed by atoms with van der Waals surface area (Å²) in [6.45, 7) is 1.54. The highest BCUT2D eigenvalue weighted by atomic mass is 35.5. The lowest BCUT2D eigenvalue weighted by molar-refractivity contribution is -0.170. The van der Waals surface area contributed by atoms with E-state index >= 15 is 0 Å². The number of hydrogen-bond acceptors (Lipinski definition) is 3. The van der Waals surface area contributed by atoms with Gasteiger partial charge in [-0.15, -0.1) is 0 Å². The summed E-state index contributed by atoms with van der Waals surface area (Å²) >= 11 is 6.31. The predicted octanol–water partition coefficient (Wildman–Crippen LogP) is 4.33. The van der Waals surface area contributed by atoms with Crippen LogP contribution in [-0.2, 0) is 9.47 Å². The van der Waals surface area contributed by atoms with E-state index in [4.69, 9.17) is 21.1 Å². The molecule has 1 aromatic rings. The Kier molecular flexibility index (Phi) is 5.28. The smallest absolute Gasteiger partial charge is 0.157 e. The van der Waals surface area contributed by atoms with Crippen molar-refractivity contribution in [2.24, 2.45) is 5.92 Å². The molecule has 1 aliphatic heterocycles. The SMILES string of the molecule is Clc1cccnc1C1C=CCC[C@H]1COC1CCCCO1. The first kappa shape index (κ1) is 15.0. The van der Waals surface area contributed by atoms with E-state index in [1.54, 1.807) is 0 Å². The highest BCUT2D eigenvalue weighted by Gasteiger charge is 2.27. The molecule has 114 valence electrons. The quantitative estimate of drug-likeness (QED) is 0.776. The number of pyridine rings is 1. The summed E-state index contributed by atoms with van der Waals surface area (Å²) < 4.78 is 11.6. The van der Waals surface area contributed by atoms with Gasteiger partial charge in [0.1, 0.15) is 0 Å². The minimum Gasteiger partial charge on any atom is -0.353 e. The molecule has 21 heavy (non-hydrogen) atoms. The fourth-order valence-corrected chi connectivity index (χ4v) is 3.36. The second-order valence-corrected chi connectivity index (χ2v) is 6.20. The van der Waals surface area contributed by atoms with Crippen molar-refractivity contribution >= 4 is 11.6 Å². The van der Waals surface area contributed by atoms with Crippen molar-refractivity contribution < 1.29 is 9.47 Å². The van der Waals surface area contributed by atoms with Crippen LogP contribution < -0.4 is 0 Å². The summed E-state index contributed by atoms with van der Waals surface area (Å²) in [4.78, 5) is 4.48. The van der Waals surface area contributed by atoms with Gasteiger partial charge in [-0.3, -0.25) is 4.98 Å². The lowest BCUT2D eigenvalue weighted by atomic mass is 9.82. The highest BCUT2D eigenvalue weighted by Crippen LogP contribution is 2.36. The van der Waals surface area contributed by atoms with Crippen LogP contribution in [0.4, 0.5) is 0 Å². The average molecular weight is 308 g/mol. The van der Waals surface area contributed by atoms with Crippen LogP contribution in [0.3, 0.4) is 0 Å². The van der Waals surface area contributed by atoms with Crippen LogP contribution in [0.15, 0.2) is 30.5 Å². The Hall–Kier alpha value is -0.900. The maximum absolute atomic E-state index is 6.31. The molecule has 1 aromatic heterocycles. The molecule has 0 bridgehead atoms. The zero-order valence-corrected chi connectivity index (χ0v) is 13.0. The first-order chi connectivity index (χ1) is 10.3. The Bertz CT molecular complexity index is 485. The minimum absolute atomic E-state index is 0.0236. The van der Waals surface area contributed by atoms with Crippen molar-refractivity contribution in [1.29, 1.82) is 0 Å². The lowest BCUT2D eigenvalue weighted by Gasteiger charge is -2.30. The number of halogens is 1. The van der Waals surface area contributed by atoms with Crippen LogP contribution in [-0.4, -0.2) is 24.5 Å². The van der Waals surface area contributed by atoms with Gasteiger partial charge in [0.05, 0.1) is 17.3 Å². The van der Waals surface area contributed by atoms with E-state index in [-0.39, 0.29) is 12.2 Å². The number of nitrogens with zero attached hydrogens (tertiary/aromatic N) is 1. The summed E-state index contributed by atoms with van der Waals surface area (Å²) in [7, 11) is 0. The molecule has 0 N–H and O–H groups in total. The molecule has 1 aliphatic carbocycles. The van der Waals surface area contributed by atoms with Gasteiger partial charge in [-0.05, 0) is 50.2 Å². The van der Waals surface area contributed by atoms with Gasteiger partial charge in [-0.25, -0.2) is 0 Å². The Morgan fingerprint density at radius 2 is 2.29 bits per heavy atom. The second-order valence-electron chi connectivity index (χ2n) is 5.79. The van der Waals surface area contributed by atoms with Crippen LogP contribution in [0.5, 0.6) is 0 Å². The molecule has 0 saturated carbocycles. The van der Waals surface area contributed by atoms with Crippen molar-refractivity contribution in [3.63, 3.8) is 0 Å². The molecular formula is C17H22ClNO2. The van der Waals surface area contributed by atoms with Gasteiger partial charge in [-0.2, -0.15) is 0 Å². The van der Waals surface area contributed by atoms with Gasteiger partial charge < -0.3 is 9.47 Å². The van der Waals surface area contributed by atoms with Gasteiger partial charge >= 0.3 is 0 Å². The third kappa shape index (κ3) is 3.85. The summed E-state index contributed by atoms with van der Waals surface area (Å²) in [6.07, 6.45) is 11.8. The van der Waals surface area contributed by atoms with Crippen molar-refractivity contribution in [3.8, 4) is 0 Å². The van der Waals surface area contributed by atoms with Gasteiger partial charge in [0.2, 0.25) is 0 Å². The zero-order chi connectivity index (χ0) is 14.5. The maximum atomic E-state index is 6.31. The highest BCUT2D eigenvalue weighted by molar-refractivity contribution is 6.31.